The Kier molecular flexibility index (Phi) is 26.7. The summed E-state index contributed by atoms with van der Waals surface area (Å²) >= 11 is 0. The molecule has 2 aromatic rings. The van der Waals surface area contributed by atoms with Crippen molar-refractivity contribution in [1.29, 1.82) is 0 Å². The van der Waals surface area contributed by atoms with Crippen molar-refractivity contribution in [2.24, 2.45) is 10.2 Å². The molecule has 0 radical (unpaired) electrons. The van der Waals surface area contributed by atoms with Crippen LogP contribution in [0.25, 0.3) is 0 Å². The predicted octanol–water partition coefficient (Wildman–Crippen LogP) is 7.13. The summed E-state index contributed by atoms with van der Waals surface area (Å²) in [6.45, 7) is 9.39. The Bertz CT molecular complexity index is 1070. The number of nitrogens with zero attached hydrogens (tertiary/aromatic N) is 2. The van der Waals surface area contributed by atoms with Crippen molar-refractivity contribution in [1.82, 2.24) is 0 Å². The number of methoxy groups -OCH3 is 1. The lowest BCUT2D eigenvalue weighted by molar-refractivity contribution is -0.0211. The molecule has 2 aromatic carbocycles. The van der Waals surface area contributed by atoms with Gasteiger partial charge in [-0.3, -0.25) is 0 Å². The van der Waals surface area contributed by atoms with E-state index in [4.69, 9.17) is 42.6 Å². The largest absolute Gasteiger partial charge is 0.494 e. The molecule has 0 N–H and O–H groups in total. The normalized spacial score (nSPS) is 11.4. The van der Waals surface area contributed by atoms with Gasteiger partial charge in [-0.25, -0.2) is 4.79 Å². The summed E-state index contributed by atoms with van der Waals surface area (Å²) in [6, 6.07) is 14.4. The molecule has 0 spiro atoms. The second-order valence-electron chi connectivity index (χ2n) is 11.0. The van der Waals surface area contributed by atoms with Crippen LogP contribution in [0.1, 0.15) is 62.2 Å². The number of unbranched alkanes of at least 4 members (excludes halogenated alkanes) is 6. The maximum atomic E-state index is 12.3. The molecule has 0 amide bonds. The second-order valence-corrected chi connectivity index (χ2v) is 11.0. The van der Waals surface area contributed by atoms with E-state index in [2.05, 4.69) is 17.2 Å². The van der Waals surface area contributed by atoms with Crippen molar-refractivity contribution in [3.8, 4) is 5.75 Å². The summed E-state index contributed by atoms with van der Waals surface area (Å²) in [5.74, 6) is 0.410. The zero-order valence-corrected chi connectivity index (χ0v) is 29.7. The molecule has 0 heterocycles. The maximum absolute atomic E-state index is 12.3. The fourth-order valence-electron chi connectivity index (χ4n) is 4.26. The number of carbonyl (C=O) groups is 1. The monoisotopic (exact) mass is 690 g/mol. The van der Waals surface area contributed by atoms with Gasteiger partial charge in [-0.2, -0.15) is 10.2 Å². The molecule has 12 heteroatoms. The summed E-state index contributed by atoms with van der Waals surface area (Å²) in [5, 5.41) is 8.54. The number of rotatable bonds is 33. The topological polar surface area (TPSA) is 125 Å². The molecule has 0 saturated carbocycles. The van der Waals surface area contributed by atoms with Crippen molar-refractivity contribution in [2.75, 3.05) is 106 Å². The number of ether oxygens (including phenoxy) is 9. The van der Waals surface area contributed by atoms with E-state index < -0.39 is 5.97 Å². The van der Waals surface area contributed by atoms with Crippen LogP contribution >= 0.6 is 0 Å². The fraction of sp³-hybridized carbons (Fsp3) is 0.649. The highest BCUT2D eigenvalue weighted by atomic mass is 16.6. The van der Waals surface area contributed by atoms with Crippen molar-refractivity contribution < 1.29 is 47.4 Å². The third-order valence-electron chi connectivity index (χ3n) is 6.99. The van der Waals surface area contributed by atoms with E-state index in [-0.39, 0.29) is 13.2 Å². The second kappa shape index (κ2) is 31.0. The van der Waals surface area contributed by atoms with Crippen LogP contribution in [0.3, 0.4) is 0 Å². The van der Waals surface area contributed by atoms with E-state index in [1.165, 1.54) is 38.5 Å². The van der Waals surface area contributed by atoms with E-state index in [9.17, 15) is 4.79 Å². The molecular formula is C37H58N2O10. The van der Waals surface area contributed by atoms with E-state index in [1.807, 2.05) is 24.3 Å². The minimum absolute atomic E-state index is 0.148. The molecule has 0 bridgehead atoms. The van der Waals surface area contributed by atoms with Crippen LogP contribution in [0.4, 0.5) is 11.4 Å². The van der Waals surface area contributed by atoms with Crippen LogP contribution in [0.2, 0.25) is 0 Å². The van der Waals surface area contributed by atoms with Crippen molar-refractivity contribution in [2.45, 2.75) is 51.9 Å². The average Bonchev–Trinajstić information content (AvgIpc) is 3.13. The number of carbonyl (C=O) groups excluding carboxylic acids is 1. The van der Waals surface area contributed by atoms with Crippen LogP contribution in [0.5, 0.6) is 5.75 Å². The number of hydrogen-bond donors (Lipinski definition) is 0. The summed E-state index contributed by atoms with van der Waals surface area (Å²) in [5.41, 5.74) is 1.79. The molecule has 0 aromatic heterocycles. The summed E-state index contributed by atoms with van der Waals surface area (Å²) in [6.07, 6.45) is 8.82. The zero-order valence-electron chi connectivity index (χ0n) is 29.7. The average molecular weight is 691 g/mol. The quantitative estimate of drug-likeness (QED) is 0.0434. The molecule has 0 fully saturated rings. The van der Waals surface area contributed by atoms with Crippen LogP contribution in [0.15, 0.2) is 58.8 Å². The van der Waals surface area contributed by atoms with Gasteiger partial charge in [0.1, 0.15) is 12.4 Å². The van der Waals surface area contributed by atoms with Crippen LogP contribution in [-0.2, 0) is 37.9 Å². The third-order valence-corrected chi connectivity index (χ3v) is 6.99. The van der Waals surface area contributed by atoms with Crippen LogP contribution in [-0.4, -0.2) is 112 Å². The number of azo groups is 1. The molecule has 0 atom stereocenters. The lowest BCUT2D eigenvalue weighted by atomic mass is 10.1. The van der Waals surface area contributed by atoms with Crippen LogP contribution < -0.4 is 4.74 Å². The van der Waals surface area contributed by atoms with E-state index in [0.29, 0.717) is 90.5 Å². The third kappa shape index (κ3) is 23.9. The van der Waals surface area contributed by atoms with Crippen molar-refractivity contribution in [3.63, 3.8) is 0 Å². The Morgan fingerprint density at radius 2 is 0.898 bits per heavy atom. The molecule has 0 aliphatic carbocycles. The first kappa shape index (κ1) is 42.2. The van der Waals surface area contributed by atoms with Gasteiger partial charge < -0.3 is 42.6 Å². The molecule has 276 valence electrons. The van der Waals surface area contributed by atoms with Gasteiger partial charge in [-0.1, -0.05) is 45.4 Å². The summed E-state index contributed by atoms with van der Waals surface area (Å²) < 4.78 is 48.6. The molecule has 0 saturated heterocycles. The van der Waals surface area contributed by atoms with Gasteiger partial charge in [-0.05, 0) is 55.0 Å². The highest BCUT2D eigenvalue weighted by Crippen LogP contribution is 2.22. The Morgan fingerprint density at radius 3 is 1.37 bits per heavy atom. The van der Waals surface area contributed by atoms with Gasteiger partial charge in [0.15, 0.2) is 0 Å². The first-order chi connectivity index (χ1) is 24.2. The van der Waals surface area contributed by atoms with Gasteiger partial charge in [0.05, 0.1) is 109 Å². The summed E-state index contributed by atoms with van der Waals surface area (Å²) in [4.78, 5) is 12.3. The minimum atomic E-state index is -0.424. The zero-order chi connectivity index (χ0) is 34.9. The SMILES string of the molecule is CCCCCCCCCOc1ccc(N=Nc2ccc(C(=O)OCCOCCOCCOCCOCCOCCOCCOC)cc2)cc1. The fourth-order valence-corrected chi connectivity index (χ4v) is 4.26. The highest BCUT2D eigenvalue weighted by molar-refractivity contribution is 5.89. The number of esters is 1. The first-order valence-electron chi connectivity index (χ1n) is 17.6. The molecule has 12 nitrogen and oxygen atoms in total. The van der Waals surface area contributed by atoms with Gasteiger partial charge in [0.25, 0.3) is 0 Å². The lowest BCUT2D eigenvalue weighted by Crippen LogP contribution is -2.15. The predicted molar refractivity (Wildman–Crippen MR) is 188 cm³/mol. The Morgan fingerprint density at radius 1 is 0.490 bits per heavy atom. The lowest BCUT2D eigenvalue weighted by Gasteiger charge is -2.08. The molecule has 2 rings (SSSR count). The summed E-state index contributed by atoms with van der Waals surface area (Å²) in [7, 11) is 1.64. The number of benzene rings is 2. The molecule has 0 aliphatic heterocycles. The minimum Gasteiger partial charge on any atom is -0.494 e. The van der Waals surface area contributed by atoms with Gasteiger partial charge in [0.2, 0.25) is 0 Å². The van der Waals surface area contributed by atoms with Crippen molar-refractivity contribution in [3.05, 3.63) is 54.1 Å². The van der Waals surface area contributed by atoms with Crippen molar-refractivity contribution >= 4 is 17.3 Å². The van der Waals surface area contributed by atoms with E-state index in [1.54, 1.807) is 31.4 Å². The van der Waals surface area contributed by atoms with Gasteiger partial charge in [-0.15, -0.1) is 0 Å². The van der Waals surface area contributed by atoms with Gasteiger partial charge >= 0.3 is 5.97 Å². The van der Waals surface area contributed by atoms with E-state index >= 15 is 0 Å². The molecule has 0 unspecified atom stereocenters. The van der Waals surface area contributed by atoms with E-state index in [0.717, 1.165) is 24.5 Å². The smallest absolute Gasteiger partial charge is 0.338 e. The van der Waals surface area contributed by atoms with Gasteiger partial charge in [0, 0.05) is 7.11 Å². The molecule has 49 heavy (non-hydrogen) atoms. The molecule has 0 aliphatic rings. The van der Waals surface area contributed by atoms with Crippen LogP contribution in [0, 0.1) is 0 Å². The molecular weight excluding hydrogens is 632 g/mol. The standard InChI is InChI=1S/C37H58N2O10/c1-3-4-5-6-7-8-9-18-48-36-16-14-35(15-17-36)39-38-34-12-10-33(11-13-34)37(40)49-32-31-47-30-29-46-28-27-45-26-25-44-24-23-43-22-21-42-20-19-41-2/h10-17H,3-9,18-32H2,1-2H3. The Balaban J connectivity index is 1.41. The Labute approximate surface area is 292 Å². The highest BCUT2D eigenvalue weighted by Gasteiger charge is 2.07. The Hall–Kier alpha value is -2.97. The maximum Gasteiger partial charge on any atom is 0.338 e. The number of hydrogen-bond acceptors (Lipinski definition) is 12. The first-order valence-corrected chi connectivity index (χ1v) is 17.6.